The van der Waals surface area contributed by atoms with Gasteiger partial charge in [-0.1, -0.05) is 0 Å². The Kier molecular flexibility index (Phi) is 4.01. The van der Waals surface area contributed by atoms with E-state index in [1.807, 2.05) is 0 Å². The second-order valence-corrected chi connectivity index (χ2v) is 6.87. The molecule has 1 atom stereocenters. The van der Waals surface area contributed by atoms with Gasteiger partial charge in [0.15, 0.2) is 0 Å². The lowest BCUT2D eigenvalue weighted by Crippen LogP contribution is -2.26. The van der Waals surface area contributed by atoms with E-state index in [0.29, 0.717) is 0 Å². The standard InChI is InChI=1S/C11H11BrF2N2O3S/c12-7-2-9(15)10(3-8(7)13)16-4-6(1-11(16)17)5-20(14,18)19/h2-3,6H,1,4-5,15H2. The second kappa shape index (κ2) is 5.28. The lowest BCUT2D eigenvalue weighted by atomic mass is 10.1. The molecule has 0 spiro atoms. The molecule has 1 aliphatic heterocycles. The topological polar surface area (TPSA) is 80.5 Å². The number of nitrogens with zero attached hydrogens (tertiary/aromatic N) is 1. The molecule has 5 nitrogen and oxygen atoms in total. The van der Waals surface area contributed by atoms with Crippen LogP contribution in [-0.2, 0) is 15.0 Å². The van der Waals surface area contributed by atoms with Crippen molar-refractivity contribution >= 4 is 43.4 Å². The largest absolute Gasteiger partial charge is 0.397 e. The molecule has 1 aromatic rings. The Labute approximate surface area is 123 Å². The molecule has 0 radical (unpaired) electrons. The Balaban J connectivity index is 2.26. The van der Waals surface area contributed by atoms with E-state index in [-0.39, 0.29) is 28.8 Å². The van der Waals surface area contributed by atoms with Crippen molar-refractivity contribution in [1.29, 1.82) is 0 Å². The summed E-state index contributed by atoms with van der Waals surface area (Å²) >= 11 is 2.97. The van der Waals surface area contributed by atoms with E-state index in [1.54, 1.807) is 0 Å². The van der Waals surface area contributed by atoms with Crippen LogP contribution < -0.4 is 10.6 Å². The first-order valence-electron chi connectivity index (χ1n) is 5.64. The Bertz CT molecular complexity index is 666. The number of carbonyl (C=O) groups excluding carboxylic acids is 1. The van der Waals surface area contributed by atoms with E-state index in [1.165, 1.54) is 11.0 Å². The van der Waals surface area contributed by atoms with Crippen LogP contribution in [0.5, 0.6) is 0 Å². The molecule has 0 saturated carbocycles. The van der Waals surface area contributed by atoms with Crippen LogP contribution in [0.1, 0.15) is 6.42 Å². The number of hydrogen-bond donors (Lipinski definition) is 1. The number of anilines is 2. The van der Waals surface area contributed by atoms with Gasteiger partial charge in [-0.05, 0) is 22.0 Å². The molecule has 1 aliphatic rings. The van der Waals surface area contributed by atoms with Gasteiger partial charge in [0.05, 0.1) is 21.6 Å². The van der Waals surface area contributed by atoms with Gasteiger partial charge in [-0.15, -0.1) is 3.89 Å². The summed E-state index contributed by atoms with van der Waals surface area (Å²) in [5.74, 6) is -2.40. The van der Waals surface area contributed by atoms with Crippen LogP contribution >= 0.6 is 15.9 Å². The molecule has 2 N–H and O–H groups in total. The zero-order valence-electron chi connectivity index (χ0n) is 10.1. The van der Waals surface area contributed by atoms with Gasteiger partial charge in [-0.25, -0.2) is 4.39 Å². The molecule has 110 valence electrons. The number of halogens is 3. The Hall–Kier alpha value is -1.22. The molecule has 1 heterocycles. The fraction of sp³-hybridized carbons (Fsp3) is 0.364. The molecule has 0 aliphatic carbocycles. The fourth-order valence-electron chi connectivity index (χ4n) is 2.19. The first kappa shape index (κ1) is 15.2. The first-order valence-corrected chi connectivity index (χ1v) is 7.99. The first-order chi connectivity index (χ1) is 9.17. The Morgan fingerprint density at radius 1 is 1.45 bits per heavy atom. The summed E-state index contributed by atoms with van der Waals surface area (Å²) in [6.45, 7) is -0.00669. The second-order valence-electron chi connectivity index (χ2n) is 4.61. The fourth-order valence-corrected chi connectivity index (χ4v) is 3.34. The number of rotatable bonds is 3. The zero-order chi connectivity index (χ0) is 15.1. The minimum absolute atomic E-state index is 0.00669. The van der Waals surface area contributed by atoms with Crippen LogP contribution in [0.2, 0.25) is 0 Å². The van der Waals surface area contributed by atoms with Crippen LogP contribution in [0.4, 0.5) is 19.7 Å². The maximum absolute atomic E-state index is 13.5. The van der Waals surface area contributed by atoms with Crippen molar-refractivity contribution in [3.63, 3.8) is 0 Å². The van der Waals surface area contributed by atoms with E-state index in [2.05, 4.69) is 15.9 Å². The third-order valence-electron chi connectivity index (χ3n) is 3.00. The molecular formula is C11H11BrF2N2O3S. The molecule has 0 bridgehead atoms. The van der Waals surface area contributed by atoms with Crippen molar-refractivity contribution in [3.8, 4) is 0 Å². The lowest BCUT2D eigenvalue weighted by molar-refractivity contribution is -0.117. The van der Waals surface area contributed by atoms with Gasteiger partial charge in [-0.3, -0.25) is 4.79 Å². The number of benzene rings is 1. The highest BCUT2D eigenvalue weighted by Gasteiger charge is 2.34. The third kappa shape index (κ3) is 3.26. The molecular weight excluding hydrogens is 358 g/mol. The molecule has 1 aromatic carbocycles. The highest BCUT2D eigenvalue weighted by atomic mass is 79.9. The normalized spacial score (nSPS) is 19.6. The minimum Gasteiger partial charge on any atom is -0.397 e. The Morgan fingerprint density at radius 3 is 2.70 bits per heavy atom. The highest BCUT2D eigenvalue weighted by Crippen LogP contribution is 2.33. The maximum atomic E-state index is 13.5. The van der Waals surface area contributed by atoms with Gasteiger partial charge < -0.3 is 10.6 Å². The molecule has 1 amide bonds. The number of nitrogen functional groups attached to an aromatic ring is 1. The maximum Gasteiger partial charge on any atom is 0.302 e. The van der Waals surface area contributed by atoms with Gasteiger partial charge in [0.1, 0.15) is 5.82 Å². The van der Waals surface area contributed by atoms with Gasteiger partial charge >= 0.3 is 10.2 Å². The van der Waals surface area contributed by atoms with Crippen LogP contribution in [-0.4, -0.2) is 26.6 Å². The predicted octanol–water partition coefficient (Wildman–Crippen LogP) is 1.82. The lowest BCUT2D eigenvalue weighted by Gasteiger charge is -2.19. The predicted molar refractivity (Wildman–Crippen MR) is 73.9 cm³/mol. The molecule has 9 heteroatoms. The summed E-state index contributed by atoms with van der Waals surface area (Å²) in [6, 6.07) is 2.40. The monoisotopic (exact) mass is 368 g/mol. The Morgan fingerprint density at radius 2 is 2.10 bits per heavy atom. The molecule has 1 saturated heterocycles. The quantitative estimate of drug-likeness (QED) is 0.651. The van der Waals surface area contributed by atoms with Crippen molar-refractivity contribution < 1.29 is 21.5 Å². The van der Waals surface area contributed by atoms with Gasteiger partial charge in [0.25, 0.3) is 0 Å². The number of nitrogens with two attached hydrogens (primary N) is 1. The van der Waals surface area contributed by atoms with E-state index >= 15 is 0 Å². The zero-order valence-corrected chi connectivity index (χ0v) is 12.5. The SMILES string of the molecule is Nc1cc(Br)c(F)cc1N1CC(CS(=O)(=O)F)CC1=O. The number of carbonyl (C=O) groups is 1. The van der Waals surface area contributed by atoms with Crippen LogP contribution in [0.3, 0.4) is 0 Å². The molecule has 1 unspecified atom stereocenters. The van der Waals surface area contributed by atoms with E-state index in [4.69, 9.17) is 5.73 Å². The van der Waals surface area contributed by atoms with Crippen LogP contribution in [0.25, 0.3) is 0 Å². The van der Waals surface area contributed by atoms with Crippen LogP contribution in [0.15, 0.2) is 16.6 Å². The highest BCUT2D eigenvalue weighted by molar-refractivity contribution is 9.10. The number of amides is 1. The van der Waals surface area contributed by atoms with Crippen molar-refractivity contribution in [1.82, 2.24) is 0 Å². The van der Waals surface area contributed by atoms with E-state index < -0.39 is 33.6 Å². The van der Waals surface area contributed by atoms with Crippen molar-refractivity contribution in [3.05, 3.63) is 22.4 Å². The molecule has 2 rings (SSSR count). The van der Waals surface area contributed by atoms with Crippen molar-refractivity contribution in [2.24, 2.45) is 5.92 Å². The summed E-state index contributed by atoms with van der Waals surface area (Å²) < 4.78 is 47.5. The van der Waals surface area contributed by atoms with E-state index in [0.717, 1.165) is 6.07 Å². The molecule has 0 aromatic heterocycles. The summed E-state index contributed by atoms with van der Waals surface area (Å²) in [6.07, 6.45) is -0.111. The van der Waals surface area contributed by atoms with Gasteiger partial charge in [-0.2, -0.15) is 8.42 Å². The van der Waals surface area contributed by atoms with E-state index in [9.17, 15) is 21.5 Å². The minimum atomic E-state index is -4.65. The third-order valence-corrected chi connectivity index (χ3v) is 4.48. The summed E-state index contributed by atoms with van der Waals surface area (Å²) in [7, 11) is -4.65. The van der Waals surface area contributed by atoms with Crippen molar-refractivity contribution in [2.75, 3.05) is 22.9 Å². The molecule has 1 fully saturated rings. The number of hydrogen-bond acceptors (Lipinski definition) is 4. The summed E-state index contributed by atoms with van der Waals surface area (Å²) in [4.78, 5) is 13.0. The summed E-state index contributed by atoms with van der Waals surface area (Å²) in [5.41, 5.74) is 6.06. The van der Waals surface area contributed by atoms with Crippen molar-refractivity contribution in [2.45, 2.75) is 6.42 Å². The average molecular weight is 369 g/mol. The summed E-state index contributed by atoms with van der Waals surface area (Å²) in [5, 5.41) is 0. The smallest absolute Gasteiger partial charge is 0.302 e. The van der Waals surface area contributed by atoms with Gasteiger partial charge in [0, 0.05) is 24.9 Å². The van der Waals surface area contributed by atoms with Gasteiger partial charge in [0.2, 0.25) is 5.91 Å². The molecule has 20 heavy (non-hydrogen) atoms. The average Bonchev–Trinajstić information content (AvgIpc) is 2.62. The van der Waals surface area contributed by atoms with Crippen LogP contribution in [0, 0.1) is 11.7 Å².